The van der Waals surface area contributed by atoms with Gasteiger partial charge < -0.3 is 103 Å². The van der Waals surface area contributed by atoms with Crippen LogP contribution in [0.4, 0.5) is 4.79 Å². The first kappa shape index (κ1) is 42.9. The summed E-state index contributed by atoms with van der Waals surface area (Å²) in [6, 6.07) is -5.22. The highest BCUT2D eigenvalue weighted by molar-refractivity contribution is 5.73. The van der Waals surface area contributed by atoms with Crippen LogP contribution in [0.25, 0.3) is 0 Å². The van der Waals surface area contributed by atoms with Crippen molar-refractivity contribution in [3.63, 3.8) is 0 Å². The fraction of sp³-hybridized carbons (Fsp3) is 0.897. The molecule has 3 heterocycles. The lowest BCUT2D eigenvalue weighted by molar-refractivity contribution is -0.284. The van der Waals surface area contributed by atoms with Gasteiger partial charge in [-0.1, -0.05) is 12.2 Å². The number of nitrogens with zero attached hydrogens (tertiary/aromatic N) is 1. The number of ether oxygens (including phenoxy) is 6. The van der Waals surface area contributed by atoms with Crippen LogP contribution in [0.3, 0.4) is 0 Å². The first-order chi connectivity index (χ1) is 24.7. The van der Waals surface area contributed by atoms with E-state index in [4.69, 9.17) is 62.2 Å². The maximum atomic E-state index is 12.6. The van der Waals surface area contributed by atoms with Crippen LogP contribution in [0.15, 0.2) is 12.2 Å². The Morgan fingerprint density at radius 2 is 1.54 bits per heavy atom. The largest absolute Gasteiger partial charge is 0.394 e. The summed E-state index contributed by atoms with van der Waals surface area (Å²) in [6.07, 6.45) is -15.2. The van der Waals surface area contributed by atoms with Crippen molar-refractivity contribution in [3.8, 4) is 0 Å². The van der Waals surface area contributed by atoms with E-state index in [1.165, 1.54) is 0 Å². The molecule has 0 bridgehead atoms. The highest BCUT2D eigenvalue weighted by Crippen LogP contribution is 2.34. The average molecular weight is 757 g/mol. The summed E-state index contributed by atoms with van der Waals surface area (Å²) >= 11 is 0. The third-order valence-corrected chi connectivity index (χ3v) is 9.34. The summed E-state index contributed by atoms with van der Waals surface area (Å²) < 4.78 is 35.6. The number of urea groups is 1. The summed E-state index contributed by atoms with van der Waals surface area (Å²) in [6.45, 7) is -1.31. The van der Waals surface area contributed by atoms with Gasteiger partial charge in [-0.3, -0.25) is 5.21 Å². The fourth-order valence-corrected chi connectivity index (χ4v) is 6.39. The Morgan fingerprint density at radius 1 is 0.865 bits per heavy atom. The molecule has 1 unspecified atom stereocenters. The normalized spacial score (nSPS) is 43.0. The lowest BCUT2D eigenvalue weighted by Gasteiger charge is -2.46. The molecule has 23 heteroatoms. The Balaban J connectivity index is 1.53. The Morgan fingerprint density at radius 3 is 2.19 bits per heavy atom. The van der Waals surface area contributed by atoms with Crippen LogP contribution >= 0.6 is 0 Å². The van der Waals surface area contributed by atoms with Crippen molar-refractivity contribution in [2.24, 2.45) is 28.7 Å². The first-order valence-electron chi connectivity index (χ1n) is 17.1. The number of hydroxylamine groups is 2. The maximum Gasteiger partial charge on any atom is 0.341 e. The number of aliphatic hydroxyl groups excluding tert-OH is 7. The summed E-state index contributed by atoms with van der Waals surface area (Å²) in [5.41, 5.74) is 29.9. The third kappa shape index (κ3) is 10.3. The van der Waals surface area contributed by atoms with Crippen LogP contribution in [0.2, 0.25) is 0 Å². The van der Waals surface area contributed by atoms with E-state index in [-0.39, 0.29) is 39.1 Å². The minimum Gasteiger partial charge on any atom is -0.394 e. The monoisotopic (exact) mass is 756 g/mol. The summed E-state index contributed by atoms with van der Waals surface area (Å²) in [5, 5.41) is 88.2. The molecule has 0 spiro atoms. The van der Waals surface area contributed by atoms with E-state index >= 15 is 0 Å². The molecule has 20 N–H and O–H groups in total. The molecule has 1 saturated carbocycles. The van der Waals surface area contributed by atoms with E-state index in [1.807, 2.05) is 0 Å². The van der Waals surface area contributed by atoms with Crippen LogP contribution in [0.5, 0.6) is 0 Å². The zero-order chi connectivity index (χ0) is 38.3. The smallest absolute Gasteiger partial charge is 0.341 e. The number of carbonyl (C=O) groups excluding carboxylic acids is 1. The highest BCUT2D eigenvalue weighted by Gasteiger charge is 2.54. The van der Waals surface area contributed by atoms with Gasteiger partial charge in [0.2, 0.25) is 0 Å². The predicted octanol–water partition coefficient (Wildman–Crippen LogP) is -8.68. The molecule has 0 aromatic rings. The second-order valence-corrected chi connectivity index (χ2v) is 13.2. The molecule has 3 aliphatic heterocycles. The van der Waals surface area contributed by atoms with Crippen molar-refractivity contribution < 1.29 is 74.2 Å². The lowest BCUT2D eigenvalue weighted by atomic mass is 9.83. The molecule has 4 aliphatic rings. The topological polar surface area (TPSA) is 392 Å². The van der Waals surface area contributed by atoms with Gasteiger partial charge in [0.05, 0.1) is 50.1 Å². The van der Waals surface area contributed by atoms with E-state index in [0.717, 1.165) is 0 Å². The second-order valence-electron chi connectivity index (χ2n) is 13.2. The van der Waals surface area contributed by atoms with Gasteiger partial charge in [0.1, 0.15) is 54.9 Å². The summed E-state index contributed by atoms with van der Waals surface area (Å²) in [5.74, 6) is 0. The van der Waals surface area contributed by atoms with E-state index in [9.17, 15) is 40.6 Å². The van der Waals surface area contributed by atoms with Crippen LogP contribution in [0.1, 0.15) is 6.42 Å². The lowest BCUT2D eigenvalue weighted by Crippen LogP contribution is -2.67. The molecule has 1 aliphatic carbocycles. The number of nitrogens with two attached hydrogens (primary N) is 5. The standard InChI is InChI=1S/C29H56N8O15/c30-3-4-37(46)29(45)36-15-5-14(33)23(50-26-13(32)2-1-12(47-26)8-35-7-11(40)9-38)25(19(15)41)52-28-22(44)24(17(10-39)49-28)51-27-18(34)21(43)20(42)16(6-31)48-27/h1-2,11-28,35,38-44,46H,3-10,30-34H2,(H,36,45)/t11?,12-,13+,14-,15+,16-,17+,18+,19-,20+,21+,22+,23+,24+,25+,26+,27+,28-/m0/s1. The Hall–Kier alpha value is -1.79. The molecule has 52 heavy (non-hydrogen) atoms. The van der Waals surface area contributed by atoms with Gasteiger partial charge in [0.15, 0.2) is 18.9 Å². The van der Waals surface area contributed by atoms with E-state index < -0.39 is 129 Å². The van der Waals surface area contributed by atoms with Gasteiger partial charge >= 0.3 is 6.03 Å². The van der Waals surface area contributed by atoms with Crippen LogP contribution in [0, 0.1) is 0 Å². The van der Waals surface area contributed by atoms with Crippen molar-refractivity contribution in [2.75, 3.05) is 45.9 Å². The third-order valence-electron chi connectivity index (χ3n) is 9.34. The van der Waals surface area contributed by atoms with Crippen molar-refractivity contribution in [3.05, 3.63) is 12.2 Å². The molecule has 2 amide bonds. The first-order valence-corrected chi connectivity index (χ1v) is 17.1. The highest BCUT2D eigenvalue weighted by atomic mass is 16.8. The fourth-order valence-electron chi connectivity index (χ4n) is 6.39. The Labute approximate surface area is 299 Å². The molecule has 4 rings (SSSR count). The Bertz CT molecular complexity index is 1140. The number of hydrogen-bond donors (Lipinski definition) is 15. The van der Waals surface area contributed by atoms with E-state index in [1.54, 1.807) is 12.2 Å². The minimum atomic E-state index is -1.69. The van der Waals surface area contributed by atoms with Gasteiger partial charge in [-0.25, -0.2) is 9.86 Å². The summed E-state index contributed by atoms with van der Waals surface area (Å²) in [7, 11) is 0. The number of hydrogen-bond acceptors (Lipinski definition) is 21. The van der Waals surface area contributed by atoms with Crippen LogP contribution in [-0.2, 0) is 28.4 Å². The van der Waals surface area contributed by atoms with Crippen molar-refractivity contribution in [1.82, 2.24) is 15.7 Å². The quantitative estimate of drug-likeness (QED) is 0.0395. The Kier molecular flexibility index (Phi) is 16.3. The van der Waals surface area contributed by atoms with Crippen LogP contribution < -0.4 is 39.3 Å². The SMILES string of the molecule is NCCN(O)C(=O)N[C@@H]1C[C@H](N)[C@@H](O[C@H]2O[C@H](CNCC(O)CO)C=C[C@H]2N)[C@H](O[C@@H]2O[C@H](CO)[C@@H](O[C@H]3O[C@@H](CN)[C@@H](O)[C@H](O)[C@H]3N)[C@H]2O)[C@H]1O. The number of aliphatic hydroxyl groups is 7. The number of nitrogens with one attached hydrogen (secondary N) is 2. The van der Waals surface area contributed by atoms with Gasteiger partial charge in [0.25, 0.3) is 0 Å². The number of rotatable bonds is 16. The van der Waals surface area contributed by atoms with Crippen molar-refractivity contribution in [1.29, 1.82) is 0 Å². The van der Waals surface area contributed by atoms with Gasteiger partial charge in [-0.2, -0.15) is 0 Å². The zero-order valence-electron chi connectivity index (χ0n) is 28.5. The molecular formula is C29H56N8O15. The minimum absolute atomic E-state index is 0.0533. The van der Waals surface area contributed by atoms with Gasteiger partial charge in [-0.05, 0) is 6.42 Å². The number of carbonyl (C=O) groups is 1. The second kappa shape index (κ2) is 19.7. The molecule has 0 aromatic carbocycles. The molecule has 3 fully saturated rings. The van der Waals surface area contributed by atoms with Gasteiger partial charge in [-0.15, -0.1) is 0 Å². The number of amides is 2. The van der Waals surface area contributed by atoms with E-state index in [0.29, 0.717) is 5.06 Å². The maximum absolute atomic E-state index is 12.6. The molecular weight excluding hydrogens is 700 g/mol. The molecule has 0 aromatic heterocycles. The van der Waals surface area contributed by atoms with Crippen LogP contribution in [-0.4, -0.2) is 208 Å². The summed E-state index contributed by atoms with van der Waals surface area (Å²) in [4.78, 5) is 12.6. The van der Waals surface area contributed by atoms with Gasteiger partial charge in [0, 0.05) is 32.2 Å². The van der Waals surface area contributed by atoms with Crippen molar-refractivity contribution >= 4 is 6.03 Å². The molecule has 0 radical (unpaired) electrons. The molecule has 23 nitrogen and oxygen atoms in total. The molecule has 18 atom stereocenters. The average Bonchev–Trinajstić information content (AvgIpc) is 3.42. The molecule has 302 valence electrons. The predicted molar refractivity (Wildman–Crippen MR) is 174 cm³/mol. The van der Waals surface area contributed by atoms with E-state index in [2.05, 4.69) is 10.6 Å². The molecule has 2 saturated heterocycles. The zero-order valence-corrected chi connectivity index (χ0v) is 28.5. The van der Waals surface area contributed by atoms with Crippen molar-refractivity contribution in [2.45, 2.75) is 117 Å².